The van der Waals surface area contributed by atoms with Crippen LogP contribution in [0, 0.1) is 0 Å². The van der Waals surface area contributed by atoms with E-state index in [4.69, 9.17) is 11.5 Å². The summed E-state index contributed by atoms with van der Waals surface area (Å²) in [6.45, 7) is 1.77. The van der Waals surface area contributed by atoms with Crippen LogP contribution < -0.4 is 21.7 Å². The van der Waals surface area contributed by atoms with E-state index in [1.54, 1.807) is 0 Å². The van der Waals surface area contributed by atoms with Gasteiger partial charge in [0.05, 0.1) is 0 Å². The molecule has 1 amide bonds. The van der Waals surface area contributed by atoms with Gasteiger partial charge in [0.2, 0.25) is 0 Å². The summed E-state index contributed by atoms with van der Waals surface area (Å²) in [6, 6.07) is 0.583. The minimum Gasteiger partial charge on any atom is -0.382 e. The Labute approximate surface area is 128 Å². The number of aromatic nitrogens is 1. The van der Waals surface area contributed by atoms with E-state index in [1.165, 1.54) is 24.2 Å². The number of nitrogens with one attached hydrogen (secondary N) is 1. The first-order valence-corrected chi connectivity index (χ1v) is 8.53. The molecule has 0 atom stereocenters. The van der Waals surface area contributed by atoms with Gasteiger partial charge in [-0.2, -0.15) is 0 Å². The summed E-state index contributed by atoms with van der Waals surface area (Å²) in [5.41, 5.74) is 11.9. The number of anilines is 2. The van der Waals surface area contributed by atoms with Gasteiger partial charge in [-0.15, -0.1) is 0 Å². The van der Waals surface area contributed by atoms with Crippen LogP contribution in [0.5, 0.6) is 0 Å². The van der Waals surface area contributed by atoms with Crippen molar-refractivity contribution in [2.45, 2.75) is 50.6 Å². The number of amides is 1. The number of hydrogen-bond acceptors (Lipinski definition) is 6. The molecule has 1 aliphatic carbocycles. The topological polar surface area (TPSA) is 97.3 Å². The van der Waals surface area contributed by atoms with Crippen LogP contribution in [0.4, 0.5) is 10.9 Å². The second kappa shape index (κ2) is 6.19. The van der Waals surface area contributed by atoms with E-state index in [-0.39, 0.29) is 11.9 Å². The van der Waals surface area contributed by atoms with Crippen LogP contribution in [-0.2, 0) is 0 Å². The summed E-state index contributed by atoms with van der Waals surface area (Å²) < 4.78 is 0. The van der Waals surface area contributed by atoms with Crippen molar-refractivity contribution in [3.8, 4) is 0 Å². The second-order valence-electron chi connectivity index (χ2n) is 5.99. The maximum Gasteiger partial charge on any atom is 0.265 e. The van der Waals surface area contributed by atoms with Gasteiger partial charge in [-0.25, -0.2) is 4.98 Å². The van der Waals surface area contributed by atoms with Gasteiger partial charge in [-0.3, -0.25) is 4.79 Å². The average Bonchev–Trinajstić information content (AvgIpc) is 3.09. The fourth-order valence-corrected chi connectivity index (χ4v) is 3.97. The average molecular weight is 309 g/mol. The molecule has 2 fully saturated rings. The van der Waals surface area contributed by atoms with Crippen molar-refractivity contribution in [1.29, 1.82) is 0 Å². The van der Waals surface area contributed by atoms with E-state index in [0.717, 1.165) is 43.9 Å². The lowest BCUT2D eigenvalue weighted by Gasteiger charge is -2.29. The van der Waals surface area contributed by atoms with Crippen molar-refractivity contribution in [1.82, 2.24) is 10.3 Å². The monoisotopic (exact) mass is 309 g/mol. The molecule has 1 aliphatic heterocycles. The van der Waals surface area contributed by atoms with Crippen molar-refractivity contribution >= 4 is 28.2 Å². The smallest absolute Gasteiger partial charge is 0.265 e. The zero-order valence-electron chi connectivity index (χ0n) is 12.2. The summed E-state index contributed by atoms with van der Waals surface area (Å²) >= 11 is 1.40. The molecule has 0 spiro atoms. The Hall–Kier alpha value is -1.34. The lowest BCUT2D eigenvalue weighted by molar-refractivity contribution is 0.0942. The number of carbonyl (C=O) groups is 1. The predicted molar refractivity (Wildman–Crippen MR) is 85.7 cm³/mol. The van der Waals surface area contributed by atoms with Gasteiger partial charge in [-0.1, -0.05) is 24.2 Å². The molecule has 7 heteroatoms. The fourth-order valence-electron chi connectivity index (χ4n) is 3.03. The summed E-state index contributed by atoms with van der Waals surface area (Å²) in [5, 5.41) is 3.92. The first kappa shape index (κ1) is 14.6. The number of thiazole rings is 1. The van der Waals surface area contributed by atoms with Crippen molar-refractivity contribution < 1.29 is 4.79 Å². The molecule has 2 heterocycles. The van der Waals surface area contributed by atoms with E-state index in [9.17, 15) is 4.79 Å². The number of nitrogens with zero attached hydrogens (tertiary/aromatic N) is 2. The van der Waals surface area contributed by atoms with E-state index in [1.807, 2.05) is 0 Å². The van der Waals surface area contributed by atoms with Gasteiger partial charge in [0.15, 0.2) is 5.13 Å². The third-order valence-corrected chi connectivity index (χ3v) is 5.48. The maximum atomic E-state index is 12.3. The van der Waals surface area contributed by atoms with E-state index in [2.05, 4.69) is 15.2 Å². The maximum absolute atomic E-state index is 12.3. The summed E-state index contributed by atoms with van der Waals surface area (Å²) in [7, 11) is 0. The highest BCUT2D eigenvalue weighted by molar-refractivity contribution is 7.18. The number of nitrogen functional groups attached to an aromatic ring is 1. The molecule has 1 saturated heterocycles. The Balaban J connectivity index is 1.67. The Bertz CT molecular complexity index is 503. The molecule has 1 saturated carbocycles. The molecule has 5 N–H and O–H groups in total. The number of carbonyl (C=O) groups excluding carboxylic acids is 1. The van der Waals surface area contributed by atoms with Crippen LogP contribution in [-0.4, -0.2) is 36.1 Å². The minimum atomic E-state index is -0.0724. The van der Waals surface area contributed by atoms with Gasteiger partial charge in [0.1, 0.15) is 10.7 Å². The highest BCUT2D eigenvalue weighted by Gasteiger charge is 2.25. The van der Waals surface area contributed by atoms with Gasteiger partial charge >= 0.3 is 0 Å². The standard InChI is InChI=1S/C14H23N5OS/c15-9-5-7-19(8-6-9)14-18-12(16)11(21-14)13(20)17-10-3-1-2-4-10/h9-10H,1-8,15-16H2,(H,17,20). The summed E-state index contributed by atoms with van der Waals surface area (Å²) in [4.78, 5) is 19.4. The van der Waals surface area contributed by atoms with Gasteiger partial charge in [0, 0.05) is 25.2 Å². The quantitative estimate of drug-likeness (QED) is 0.782. The first-order chi connectivity index (χ1) is 10.1. The largest absolute Gasteiger partial charge is 0.382 e. The number of nitrogens with two attached hydrogens (primary N) is 2. The molecule has 1 aromatic heterocycles. The first-order valence-electron chi connectivity index (χ1n) is 7.71. The molecule has 0 aromatic carbocycles. The molecule has 0 bridgehead atoms. The van der Waals surface area contributed by atoms with Crippen molar-refractivity contribution in [3.63, 3.8) is 0 Å². The Morgan fingerprint density at radius 3 is 2.57 bits per heavy atom. The molecule has 116 valence electrons. The minimum absolute atomic E-state index is 0.0724. The van der Waals surface area contributed by atoms with Gasteiger partial charge in [0.25, 0.3) is 5.91 Å². The fraction of sp³-hybridized carbons (Fsp3) is 0.714. The number of piperidine rings is 1. The highest BCUT2D eigenvalue weighted by atomic mass is 32.1. The lowest BCUT2D eigenvalue weighted by Crippen LogP contribution is -2.39. The van der Waals surface area contributed by atoms with Gasteiger partial charge < -0.3 is 21.7 Å². The number of hydrogen-bond donors (Lipinski definition) is 3. The third kappa shape index (κ3) is 3.29. The summed E-state index contributed by atoms with van der Waals surface area (Å²) in [6.07, 6.45) is 6.46. The summed E-state index contributed by atoms with van der Waals surface area (Å²) in [5.74, 6) is 0.275. The van der Waals surface area contributed by atoms with Crippen LogP contribution in [0.25, 0.3) is 0 Å². The molecular weight excluding hydrogens is 286 g/mol. The molecule has 0 radical (unpaired) electrons. The van der Waals surface area contributed by atoms with Crippen LogP contribution in [0.2, 0.25) is 0 Å². The van der Waals surface area contributed by atoms with Crippen molar-refractivity contribution in [3.05, 3.63) is 4.88 Å². The molecule has 1 aromatic rings. The molecule has 21 heavy (non-hydrogen) atoms. The van der Waals surface area contributed by atoms with E-state index < -0.39 is 0 Å². The normalized spacial score (nSPS) is 20.9. The van der Waals surface area contributed by atoms with Crippen LogP contribution in [0.1, 0.15) is 48.2 Å². The Morgan fingerprint density at radius 2 is 1.90 bits per heavy atom. The molecule has 0 unspecified atom stereocenters. The highest BCUT2D eigenvalue weighted by Crippen LogP contribution is 2.30. The molecular formula is C14H23N5OS. The zero-order valence-corrected chi connectivity index (χ0v) is 13.0. The number of rotatable bonds is 3. The molecule has 3 rings (SSSR count). The lowest BCUT2D eigenvalue weighted by atomic mass is 10.1. The van der Waals surface area contributed by atoms with Crippen LogP contribution in [0.3, 0.4) is 0 Å². The van der Waals surface area contributed by atoms with E-state index >= 15 is 0 Å². The Morgan fingerprint density at radius 1 is 1.24 bits per heavy atom. The zero-order chi connectivity index (χ0) is 14.8. The van der Waals surface area contributed by atoms with E-state index in [0.29, 0.717) is 16.7 Å². The molecule has 2 aliphatic rings. The second-order valence-corrected chi connectivity index (χ2v) is 6.97. The Kier molecular flexibility index (Phi) is 4.30. The predicted octanol–water partition coefficient (Wildman–Crippen LogP) is 1.33. The molecule has 6 nitrogen and oxygen atoms in total. The van der Waals surface area contributed by atoms with Crippen LogP contribution in [0.15, 0.2) is 0 Å². The third-order valence-electron chi connectivity index (χ3n) is 4.35. The van der Waals surface area contributed by atoms with Gasteiger partial charge in [-0.05, 0) is 25.7 Å². The SMILES string of the molecule is Nc1nc(N2CCC(N)CC2)sc1C(=O)NC1CCCC1. The van der Waals surface area contributed by atoms with Crippen molar-refractivity contribution in [2.75, 3.05) is 23.7 Å². The van der Waals surface area contributed by atoms with Crippen molar-refractivity contribution in [2.24, 2.45) is 5.73 Å². The van der Waals surface area contributed by atoms with Crippen LogP contribution >= 0.6 is 11.3 Å².